The highest BCUT2D eigenvalue weighted by atomic mass is 32.2. The van der Waals surface area contributed by atoms with Gasteiger partial charge in [0, 0.05) is 37.8 Å². The van der Waals surface area contributed by atoms with E-state index in [1.54, 1.807) is 43.2 Å². The molecule has 0 fully saturated rings. The van der Waals surface area contributed by atoms with Crippen LogP contribution in [0.25, 0.3) is 0 Å². The molecule has 4 rings (SSSR count). The number of ether oxygens (including phenoxy) is 4. The molecule has 12 heteroatoms. The molecule has 0 bridgehead atoms. The highest BCUT2D eigenvalue weighted by Crippen LogP contribution is 2.30. The van der Waals surface area contributed by atoms with Crippen LogP contribution >= 0.6 is 0 Å². The minimum atomic E-state index is -3.97. The first kappa shape index (κ1) is 38.0. The third-order valence-corrected chi connectivity index (χ3v) is 10.2. The smallest absolute Gasteiger partial charge is 0.261 e. The third-order valence-electron chi connectivity index (χ3n) is 8.78. The molecule has 3 aromatic carbocycles. The Bertz CT molecular complexity index is 1600. The van der Waals surface area contributed by atoms with E-state index in [0.29, 0.717) is 37.7 Å². The second-order valence-corrected chi connectivity index (χ2v) is 14.5. The lowest BCUT2D eigenvalue weighted by molar-refractivity contribution is -0.0177. The number of rotatable bonds is 11. The number of carbonyl (C=O) groups excluding carboxylic acids is 1. The van der Waals surface area contributed by atoms with Crippen molar-refractivity contribution in [2.45, 2.75) is 69.7 Å². The van der Waals surface area contributed by atoms with E-state index in [2.05, 4.69) is 23.6 Å². The van der Waals surface area contributed by atoms with Gasteiger partial charge in [0.25, 0.3) is 15.9 Å². The predicted molar refractivity (Wildman–Crippen MR) is 190 cm³/mol. The summed E-state index contributed by atoms with van der Waals surface area (Å²) in [5.74, 6) is 1.23. The van der Waals surface area contributed by atoms with Crippen molar-refractivity contribution < 1.29 is 37.3 Å². The normalized spacial score (nSPS) is 20.1. The molecule has 1 aliphatic rings. The van der Waals surface area contributed by atoms with Crippen LogP contribution in [0.5, 0.6) is 17.2 Å². The maximum Gasteiger partial charge on any atom is 0.261 e. The standard InChI is InChI=1S/C37H51N3O8S/c1-26-22-40(27(2)25-41)37(42)34-21-30(38-49(43,44)33-17-15-32(46-6)16-18-33)12-19-35(34)48-28(3)9-7-8-20-47-36(26)24-39(4)23-29-10-13-31(45-5)14-11-29/h10-19,21,26-28,36,38,41H,7-9,20,22-25H2,1-6H3/t26-,27+,28+,36-/m0/s1. The van der Waals surface area contributed by atoms with E-state index in [-0.39, 0.29) is 46.8 Å². The van der Waals surface area contributed by atoms with Crippen LogP contribution in [0.3, 0.4) is 0 Å². The van der Waals surface area contributed by atoms with E-state index < -0.39 is 16.1 Å². The molecule has 4 atom stereocenters. The lowest BCUT2D eigenvalue weighted by Crippen LogP contribution is -2.47. The second kappa shape index (κ2) is 17.7. The number of aliphatic hydroxyl groups is 1. The SMILES string of the molecule is COc1ccc(CN(C)C[C@@H]2OCCCC[C@@H](C)Oc3ccc(NS(=O)(=O)c4ccc(OC)cc4)cc3C(=O)N([C@H](C)CO)C[C@@H]2C)cc1. The zero-order valence-corrected chi connectivity index (χ0v) is 30.2. The molecule has 0 saturated carbocycles. The largest absolute Gasteiger partial charge is 0.497 e. The highest BCUT2D eigenvalue weighted by molar-refractivity contribution is 7.92. The zero-order chi connectivity index (χ0) is 35.6. The highest BCUT2D eigenvalue weighted by Gasteiger charge is 2.31. The third kappa shape index (κ3) is 10.6. The van der Waals surface area contributed by atoms with Crippen LogP contribution in [0.2, 0.25) is 0 Å². The summed E-state index contributed by atoms with van der Waals surface area (Å²) in [5.41, 5.74) is 1.57. The molecule has 1 heterocycles. The number of carbonyl (C=O) groups is 1. The first-order valence-corrected chi connectivity index (χ1v) is 18.2. The number of anilines is 1. The van der Waals surface area contributed by atoms with Gasteiger partial charge in [0.05, 0.1) is 49.5 Å². The van der Waals surface area contributed by atoms with Crippen molar-refractivity contribution in [2.75, 3.05) is 52.3 Å². The van der Waals surface area contributed by atoms with Gasteiger partial charge in [-0.15, -0.1) is 0 Å². The van der Waals surface area contributed by atoms with E-state index in [9.17, 15) is 18.3 Å². The molecule has 268 valence electrons. The number of amides is 1. The first-order valence-electron chi connectivity index (χ1n) is 16.8. The Morgan fingerprint density at radius 2 is 1.65 bits per heavy atom. The average molecular weight is 698 g/mol. The molecular formula is C37H51N3O8S. The summed E-state index contributed by atoms with van der Waals surface area (Å²) < 4.78 is 52.4. The molecule has 11 nitrogen and oxygen atoms in total. The fourth-order valence-electron chi connectivity index (χ4n) is 5.83. The summed E-state index contributed by atoms with van der Waals surface area (Å²) in [7, 11) is 1.24. The molecule has 0 spiro atoms. The Balaban J connectivity index is 1.62. The molecule has 0 saturated heterocycles. The molecule has 3 aromatic rings. The summed E-state index contributed by atoms with van der Waals surface area (Å²) >= 11 is 0. The zero-order valence-electron chi connectivity index (χ0n) is 29.4. The molecule has 1 amide bonds. The van der Waals surface area contributed by atoms with E-state index in [1.807, 2.05) is 31.2 Å². The van der Waals surface area contributed by atoms with Crippen LogP contribution in [-0.2, 0) is 21.3 Å². The number of sulfonamides is 1. The average Bonchev–Trinajstić information content (AvgIpc) is 3.09. The summed E-state index contributed by atoms with van der Waals surface area (Å²) in [6.45, 7) is 7.78. The number of hydrogen-bond acceptors (Lipinski definition) is 9. The van der Waals surface area contributed by atoms with Crippen LogP contribution in [0.15, 0.2) is 71.6 Å². The van der Waals surface area contributed by atoms with Crippen molar-refractivity contribution in [3.63, 3.8) is 0 Å². The number of aliphatic hydroxyl groups excluding tert-OH is 1. The van der Waals surface area contributed by atoms with Crippen molar-refractivity contribution in [1.29, 1.82) is 0 Å². The molecular weight excluding hydrogens is 646 g/mol. The van der Waals surface area contributed by atoms with Gasteiger partial charge < -0.3 is 29.0 Å². The van der Waals surface area contributed by atoms with Gasteiger partial charge in [-0.25, -0.2) is 8.42 Å². The van der Waals surface area contributed by atoms with E-state index in [0.717, 1.165) is 30.6 Å². The number of nitrogens with zero attached hydrogens (tertiary/aromatic N) is 2. The van der Waals surface area contributed by atoms with E-state index in [1.165, 1.54) is 25.3 Å². The van der Waals surface area contributed by atoms with Crippen molar-refractivity contribution in [3.8, 4) is 17.2 Å². The molecule has 2 N–H and O–H groups in total. The lowest BCUT2D eigenvalue weighted by Gasteiger charge is -2.36. The molecule has 0 aromatic heterocycles. The maximum atomic E-state index is 14.4. The van der Waals surface area contributed by atoms with Gasteiger partial charge in [-0.1, -0.05) is 19.1 Å². The van der Waals surface area contributed by atoms with Crippen molar-refractivity contribution in [2.24, 2.45) is 5.92 Å². The van der Waals surface area contributed by atoms with Crippen LogP contribution in [0.4, 0.5) is 5.69 Å². The summed E-state index contributed by atoms with van der Waals surface area (Å²) in [4.78, 5) is 18.3. The molecule has 0 radical (unpaired) electrons. The van der Waals surface area contributed by atoms with Crippen LogP contribution in [0, 0.1) is 5.92 Å². The lowest BCUT2D eigenvalue weighted by atomic mass is 10.0. The van der Waals surface area contributed by atoms with Gasteiger partial charge in [0.1, 0.15) is 17.2 Å². The number of benzene rings is 3. The van der Waals surface area contributed by atoms with Crippen molar-refractivity contribution in [3.05, 3.63) is 77.9 Å². The Kier molecular flexibility index (Phi) is 13.7. The van der Waals surface area contributed by atoms with Gasteiger partial charge in [-0.3, -0.25) is 14.4 Å². The Morgan fingerprint density at radius 1 is 1.00 bits per heavy atom. The fraction of sp³-hybridized carbons (Fsp3) is 0.486. The summed E-state index contributed by atoms with van der Waals surface area (Å²) in [6, 6.07) is 18.2. The quantitative estimate of drug-likeness (QED) is 0.270. The molecule has 0 aliphatic carbocycles. The number of nitrogens with one attached hydrogen (secondary N) is 1. The van der Waals surface area contributed by atoms with Gasteiger partial charge in [-0.2, -0.15) is 0 Å². The van der Waals surface area contributed by atoms with E-state index >= 15 is 0 Å². The fourth-order valence-corrected chi connectivity index (χ4v) is 6.88. The van der Waals surface area contributed by atoms with Crippen LogP contribution in [-0.4, -0.2) is 95.1 Å². The topological polar surface area (TPSA) is 127 Å². The Labute approximate surface area is 291 Å². The molecule has 49 heavy (non-hydrogen) atoms. The predicted octanol–water partition coefficient (Wildman–Crippen LogP) is 5.43. The van der Waals surface area contributed by atoms with E-state index in [4.69, 9.17) is 18.9 Å². The van der Waals surface area contributed by atoms with Crippen molar-refractivity contribution in [1.82, 2.24) is 9.80 Å². The first-order chi connectivity index (χ1) is 23.4. The minimum Gasteiger partial charge on any atom is -0.497 e. The molecule has 0 unspecified atom stereocenters. The maximum absolute atomic E-state index is 14.4. The Hall–Kier alpha value is -3.84. The summed E-state index contributed by atoms with van der Waals surface area (Å²) in [6.07, 6.45) is 2.08. The number of methoxy groups -OCH3 is 2. The molecule has 1 aliphatic heterocycles. The van der Waals surface area contributed by atoms with Gasteiger partial charge in [0.15, 0.2) is 0 Å². The second-order valence-electron chi connectivity index (χ2n) is 12.8. The monoisotopic (exact) mass is 697 g/mol. The van der Waals surface area contributed by atoms with Gasteiger partial charge in [-0.05, 0) is 100 Å². The van der Waals surface area contributed by atoms with Gasteiger partial charge >= 0.3 is 0 Å². The Morgan fingerprint density at radius 3 is 2.29 bits per heavy atom. The number of fused-ring (bicyclic) bond motifs is 1. The number of hydrogen-bond donors (Lipinski definition) is 2. The van der Waals surface area contributed by atoms with Crippen LogP contribution in [0.1, 0.15) is 56.0 Å². The van der Waals surface area contributed by atoms with Gasteiger partial charge in [0.2, 0.25) is 0 Å². The van der Waals surface area contributed by atoms with Crippen molar-refractivity contribution >= 4 is 21.6 Å². The minimum absolute atomic E-state index is 0.0527. The number of likely N-dealkylation sites (N-methyl/N-ethyl adjacent to an activating group) is 1. The van der Waals surface area contributed by atoms with Crippen LogP contribution < -0.4 is 18.9 Å². The summed E-state index contributed by atoms with van der Waals surface area (Å²) in [5, 5.41) is 10.3.